The van der Waals surface area contributed by atoms with Crippen LogP contribution in [-0.4, -0.2) is 4.57 Å². The summed E-state index contributed by atoms with van der Waals surface area (Å²) in [5.74, 6) is 2.26. The summed E-state index contributed by atoms with van der Waals surface area (Å²) < 4.78 is 14.5. The molecule has 0 amide bonds. The monoisotopic (exact) mass is 877 g/mol. The van der Waals surface area contributed by atoms with Crippen LogP contribution in [0.1, 0.15) is 95.1 Å². The fourth-order valence-corrected chi connectivity index (χ4v) is 13.9. The molecule has 0 saturated carbocycles. The maximum absolute atomic E-state index is 7.01. The smallest absolute Gasteiger partial charge is 0.259 e. The van der Waals surface area contributed by atoms with Gasteiger partial charge in [-0.15, -0.1) is 0 Å². The zero-order chi connectivity index (χ0) is 45.2. The van der Waals surface area contributed by atoms with Crippen LogP contribution >= 0.6 is 0 Å². The minimum absolute atomic E-state index is 0.180. The third-order valence-electron chi connectivity index (χ3n) is 17.1. The Labute approximate surface area is 396 Å². The molecule has 2 aliphatic heterocycles. The van der Waals surface area contributed by atoms with E-state index in [4.69, 9.17) is 4.42 Å². The maximum atomic E-state index is 7.01. The molecule has 326 valence electrons. The summed E-state index contributed by atoms with van der Waals surface area (Å²) in [6.45, 7) is 9.82. The van der Waals surface area contributed by atoms with E-state index in [1.165, 1.54) is 99.9 Å². The van der Waals surface area contributed by atoms with Gasteiger partial charge in [0.2, 0.25) is 11.0 Å². The van der Waals surface area contributed by atoms with Gasteiger partial charge < -0.3 is 8.98 Å². The number of hydrogen-bond donors (Lipinski definition) is 0. The largest absolute Gasteiger partial charge is 0.456 e. The van der Waals surface area contributed by atoms with Gasteiger partial charge in [0.15, 0.2) is 12.4 Å². The van der Waals surface area contributed by atoms with Crippen LogP contribution < -0.4 is 8.80 Å². The van der Waals surface area contributed by atoms with Crippen molar-refractivity contribution in [3.8, 4) is 39.5 Å². The number of fused-ring (bicyclic) bond motifs is 2. The minimum Gasteiger partial charge on any atom is -0.456 e. The Bertz CT molecular complexity index is 4000. The van der Waals surface area contributed by atoms with Gasteiger partial charge in [-0.2, -0.15) is 8.80 Å². The summed E-state index contributed by atoms with van der Waals surface area (Å²) in [5.41, 5.74) is 26.7. The molecule has 6 aromatic carbocycles. The number of aromatic nitrogens is 3. The molecule has 11 bridgehead atoms. The number of aryl methyl sites for hydroxylation is 2. The van der Waals surface area contributed by atoms with E-state index in [0.29, 0.717) is 5.92 Å². The Hall–Kier alpha value is -7.56. The second kappa shape index (κ2) is 13.5. The summed E-state index contributed by atoms with van der Waals surface area (Å²) in [5, 5.41) is 2.58. The van der Waals surface area contributed by atoms with Gasteiger partial charge >= 0.3 is 0 Å². The first-order valence-electron chi connectivity index (χ1n) is 24.7. The molecule has 68 heavy (non-hydrogen) atoms. The normalized spacial score (nSPS) is 16.9. The molecule has 3 aliphatic carbocycles. The lowest BCUT2D eigenvalue weighted by Gasteiger charge is -2.39. The zero-order valence-corrected chi connectivity index (χ0v) is 39.0. The van der Waals surface area contributed by atoms with Crippen molar-refractivity contribution in [1.29, 1.82) is 0 Å². The lowest BCUT2D eigenvalue weighted by molar-refractivity contribution is -0.556. The predicted octanol–water partition coefficient (Wildman–Crippen LogP) is 13.7. The van der Waals surface area contributed by atoms with Crippen LogP contribution in [0.15, 0.2) is 175 Å². The molecule has 1 atom stereocenters. The molecule has 15 rings (SSSR count). The molecule has 5 aliphatic rings. The van der Waals surface area contributed by atoms with Crippen molar-refractivity contribution in [2.45, 2.75) is 76.5 Å². The van der Waals surface area contributed by atoms with E-state index in [1.807, 2.05) is 0 Å². The van der Waals surface area contributed by atoms with Gasteiger partial charge in [0.25, 0.3) is 11.4 Å². The van der Waals surface area contributed by atoms with Crippen LogP contribution in [0.3, 0.4) is 0 Å². The molecule has 4 aromatic heterocycles. The number of benzene rings is 6. The summed E-state index contributed by atoms with van der Waals surface area (Å²) in [6, 6.07) is 59.7. The van der Waals surface area contributed by atoms with Gasteiger partial charge in [-0.1, -0.05) is 76.2 Å². The first-order valence-corrected chi connectivity index (χ1v) is 24.7. The Morgan fingerprint density at radius 2 is 1.09 bits per heavy atom. The van der Waals surface area contributed by atoms with E-state index in [-0.39, 0.29) is 10.8 Å². The number of furan rings is 1. The lowest BCUT2D eigenvalue weighted by atomic mass is 9.65. The highest BCUT2D eigenvalue weighted by Gasteiger charge is 2.44. The first-order chi connectivity index (χ1) is 33.2. The van der Waals surface area contributed by atoms with Crippen LogP contribution in [0, 0.1) is 0 Å². The number of hydrogen-bond acceptors (Lipinski definition) is 1. The van der Waals surface area contributed by atoms with Crippen molar-refractivity contribution in [3.63, 3.8) is 0 Å². The van der Waals surface area contributed by atoms with Crippen molar-refractivity contribution in [2.24, 2.45) is 0 Å². The summed E-state index contributed by atoms with van der Waals surface area (Å²) in [7, 11) is 0. The first kappa shape index (κ1) is 38.5. The highest BCUT2D eigenvalue weighted by atomic mass is 16.3. The molecular formula is C64H51N3O+2. The SMILES string of the molecule is CC1(C)c2cccc3c2CC2Cc4c1cc(-c1ccc(-c5ccc(-n6c7cccc8c7CCc(c7[n+]9ccccc9c9cccc6c9C7)[n+]6ccccc86)cc5)o1)cc4C(C)(C)c1cccc-3c12. The van der Waals surface area contributed by atoms with Gasteiger partial charge in [0.05, 0.1) is 28.2 Å². The molecule has 0 spiro atoms. The van der Waals surface area contributed by atoms with Crippen LogP contribution in [0.2, 0.25) is 0 Å². The molecule has 10 aromatic rings. The molecule has 4 nitrogen and oxygen atoms in total. The van der Waals surface area contributed by atoms with Crippen molar-refractivity contribution < 1.29 is 13.2 Å². The second-order valence-corrected chi connectivity index (χ2v) is 21.1. The highest BCUT2D eigenvalue weighted by molar-refractivity contribution is 5.91. The third-order valence-corrected chi connectivity index (χ3v) is 17.1. The predicted molar refractivity (Wildman–Crippen MR) is 273 cm³/mol. The lowest BCUT2D eigenvalue weighted by Crippen LogP contribution is -2.37. The van der Waals surface area contributed by atoms with Gasteiger partial charge in [0, 0.05) is 63.9 Å². The van der Waals surface area contributed by atoms with Crippen molar-refractivity contribution in [1.82, 2.24) is 4.57 Å². The maximum Gasteiger partial charge on any atom is 0.259 e. The average molecular weight is 878 g/mol. The van der Waals surface area contributed by atoms with E-state index in [9.17, 15) is 0 Å². The van der Waals surface area contributed by atoms with Crippen LogP contribution in [0.25, 0.3) is 72.3 Å². The molecule has 6 heterocycles. The molecule has 0 radical (unpaired) electrons. The van der Waals surface area contributed by atoms with Crippen LogP contribution in [-0.2, 0) is 42.9 Å². The third kappa shape index (κ3) is 5.10. The fraction of sp³-hybridized carbons (Fsp3) is 0.188. The number of rotatable bonds is 3. The van der Waals surface area contributed by atoms with Gasteiger partial charge in [-0.05, 0) is 166 Å². The molecule has 0 saturated heterocycles. The number of nitrogens with zero attached hydrogens (tertiary/aromatic N) is 3. The van der Waals surface area contributed by atoms with E-state index < -0.39 is 0 Å². The van der Waals surface area contributed by atoms with Crippen molar-refractivity contribution >= 4 is 32.8 Å². The van der Waals surface area contributed by atoms with Crippen molar-refractivity contribution in [3.05, 3.63) is 232 Å². The minimum atomic E-state index is -0.184. The summed E-state index contributed by atoms with van der Waals surface area (Å²) >= 11 is 0. The molecule has 1 unspecified atom stereocenters. The van der Waals surface area contributed by atoms with Crippen LogP contribution in [0.4, 0.5) is 0 Å². The summed E-state index contributed by atoms with van der Waals surface area (Å²) in [4.78, 5) is 0. The van der Waals surface area contributed by atoms with E-state index >= 15 is 0 Å². The number of pyridine rings is 2. The van der Waals surface area contributed by atoms with E-state index in [2.05, 4.69) is 211 Å². The molecule has 0 N–H and O–H groups in total. The second-order valence-electron chi connectivity index (χ2n) is 21.1. The Morgan fingerprint density at radius 1 is 0.485 bits per heavy atom. The van der Waals surface area contributed by atoms with Gasteiger partial charge in [-0.3, -0.25) is 0 Å². The Morgan fingerprint density at radius 3 is 1.82 bits per heavy atom. The van der Waals surface area contributed by atoms with Crippen molar-refractivity contribution in [2.75, 3.05) is 0 Å². The fourth-order valence-electron chi connectivity index (χ4n) is 13.9. The van der Waals surface area contributed by atoms with Gasteiger partial charge in [-0.25, -0.2) is 0 Å². The van der Waals surface area contributed by atoms with Crippen LogP contribution in [0.5, 0.6) is 0 Å². The molecule has 0 fully saturated rings. The quantitative estimate of drug-likeness (QED) is 0.162. The topological polar surface area (TPSA) is 26.3 Å². The van der Waals surface area contributed by atoms with Gasteiger partial charge in [0.1, 0.15) is 11.5 Å². The Kier molecular flexibility index (Phi) is 7.67. The highest BCUT2D eigenvalue weighted by Crippen LogP contribution is 2.56. The van der Waals surface area contributed by atoms with E-state index in [0.717, 1.165) is 60.4 Å². The summed E-state index contributed by atoms with van der Waals surface area (Å²) in [6.07, 6.45) is 9.40. The van der Waals surface area contributed by atoms with E-state index in [1.54, 1.807) is 5.56 Å². The molecule has 4 heteroatoms. The Balaban J connectivity index is 0.906. The zero-order valence-electron chi connectivity index (χ0n) is 39.0. The standard InChI is InChI=1S/C64H51N3O/c1-63(2)50-17-9-13-42-46-16-10-18-51-62(46)40(33-47(42)50)34-49-52(63)35-39(36-53(49)64(51,3)4)61-30-29-60(68-61)38-23-25-41(26-24-38)67-56-21-11-14-43-45(56)27-28-58(65-31-7-5-19-54(43)65)59-37-48-44(15-12-22-57(48)67)55-20-6-8-32-66(55)59/h5-26,29-32,35-36,40H,27-28,33-34,37H2,1-4H3/q+2. The molecular weight excluding hydrogens is 827 g/mol. The average Bonchev–Trinajstić information content (AvgIpc) is 3.77.